The van der Waals surface area contributed by atoms with Crippen molar-refractivity contribution in [2.24, 2.45) is 0 Å². The Morgan fingerprint density at radius 2 is 2.36 bits per heavy atom. The lowest BCUT2D eigenvalue weighted by Gasteiger charge is -2.01. The van der Waals surface area contributed by atoms with Gasteiger partial charge in [-0.15, -0.1) is 5.10 Å². The third-order valence-corrected chi connectivity index (χ3v) is 1.68. The third kappa shape index (κ3) is 1.82. The lowest BCUT2D eigenvalue weighted by atomic mass is 10.4. The smallest absolute Gasteiger partial charge is 0.233 e. The van der Waals surface area contributed by atoms with E-state index in [1.54, 1.807) is 24.4 Å². The van der Waals surface area contributed by atoms with Crippen molar-refractivity contribution in [1.29, 1.82) is 0 Å². The van der Waals surface area contributed by atoms with E-state index in [1.807, 2.05) is 0 Å². The highest BCUT2D eigenvalue weighted by Gasteiger charge is 2.03. The van der Waals surface area contributed by atoms with E-state index in [2.05, 4.69) is 10.2 Å². The predicted molar refractivity (Wildman–Crippen MR) is 49.5 cm³/mol. The number of ether oxygens (including phenoxy) is 1. The van der Waals surface area contributed by atoms with Crippen LogP contribution in [0.3, 0.4) is 0 Å². The second-order valence-electron chi connectivity index (χ2n) is 2.65. The summed E-state index contributed by atoms with van der Waals surface area (Å²) in [7, 11) is 0. The first-order chi connectivity index (χ1) is 6.86. The van der Waals surface area contributed by atoms with E-state index < -0.39 is 0 Å². The van der Waals surface area contributed by atoms with Crippen LogP contribution in [0.15, 0.2) is 35.1 Å². The fraction of sp³-hybridized carbons (Fsp3) is 0.111. The molecule has 0 unspecified atom stereocenters. The number of furan rings is 1. The summed E-state index contributed by atoms with van der Waals surface area (Å²) in [5, 5.41) is 7.42. The van der Waals surface area contributed by atoms with Gasteiger partial charge in [0.1, 0.15) is 6.61 Å². The average Bonchev–Trinajstić information content (AvgIpc) is 2.63. The molecule has 0 atom stereocenters. The Bertz CT molecular complexity index is 399. The Hall–Kier alpha value is -2.04. The standard InChI is InChI=1S/C9H9N3O2/c10-7-3-5-13-8(7)6-14-9-2-1-4-11-12-9/h1-5H,6,10H2. The minimum Gasteiger partial charge on any atom is -0.468 e. The number of hydrogen-bond acceptors (Lipinski definition) is 5. The van der Waals surface area contributed by atoms with E-state index in [1.165, 1.54) is 6.26 Å². The summed E-state index contributed by atoms with van der Waals surface area (Å²) in [6.45, 7) is 0.261. The summed E-state index contributed by atoms with van der Waals surface area (Å²) < 4.78 is 10.4. The van der Waals surface area contributed by atoms with Gasteiger partial charge in [0.2, 0.25) is 5.88 Å². The molecule has 0 aromatic carbocycles. The molecule has 2 aromatic rings. The molecule has 14 heavy (non-hydrogen) atoms. The van der Waals surface area contributed by atoms with Gasteiger partial charge in [0.15, 0.2) is 5.76 Å². The quantitative estimate of drug-likeness (QED) is 0.789. The van der Waals surface area contributed by atoms with Gasteiger partial charge in [-0.2, -0.15) is 5.10 Å². The molecule has 0 fully saturated rings. The van der Waals surface area contributed by atoms with Crippen molar-refractivity contribution < 1.29 is 9.15 Å². The highest BCUT2D eigenvalue weighted by molar-refractivity contribution is 5.40. The molecule has 0 aliphatic rings. The predicted octanol–water partition coefficient (Wildman–Crippen LogP) is 1.23. The van der Waals surface area contributed by atoms with Crippen LogP contribution in [-0.4, -0.2) is 10.2 Å². The van der Waals surface area contributed by atoms with Gasteiger partial charge in [0.05, 0.1) is 12.0 Å². The normalized spacial score (nSPS) is 10.0. The Labute approximate surface area is 80.5 Å². The van der Waals surface area contributed by atoms with Gasteiger partial charge in [-0.05, 0) is 12.1 Å². The summed E-state index contributed by atoms with van der Waals surface area (Å²) >= 11 is 0. The molecule has 0 saturated carbocycles. The lowest BCUT2D eigenvalue weighted by Crippen LogP contribution is -1.99. The SMILES string of the molecule is Nc1ccoc1COc1cccnn1. The van der Waals surface area contributed by atoms with Gasteiger partial charge in [0.25, 0.3) is 0 Å². The molecular weight excluding hydrogens is 182 g/mol. The highest BCUT2D eigenvalue weighted by Crippen LogP contribution is 2.14. The first-order valence-corrected chi connectivity index (χ1v) is 4.08. The molecule has 0 bridgehead atoms. The van der Waals surface area contributed by atoms with Crippen molar-refractivity contribution in [1.82, 2.24) is 10.2 Å². The van der Waals surface area contributed by atoms with Crippen LogP contribution < -0.4 is 10.5 Å². The molecule has 5 nitrogen and oxygen atoms in total. The van der Waals surface area contributed by atoms with E-state index in [4.69, 9.17) is 14.9 Å². The van der Waals surface area contributed by atoms with Gasteiger partial charge in [-0.1, -0.05) is 0 Å². The summed E-state index contributed by atoms with van der Waals surface area (Å²) in [6, 6.07) is 5.13. The number of nitrogens with zero attached hydrogens (tertiary/aromatic N) is 2. The first kappa shape index (κ1) is 8.55. The molecule has 2 rings (SSSR count). The van der Waals surface area contributed by atoms with E-state index in [9.17, 15) is 0 Å². The topological polar surface area (TPSA) is 74.2 Å². The summed E-state index contributed by atoms with van der Waals surface area (Å²) in [5.74, 6) is 1.04. The molecule has 0 saturated heterocycles. The molecule has 2 heterocycles. The van der Waals surface area contributed by atoms with Crippen LogP contribution in [0.1, 0.15) is 5.76 Å². The number of rotatable bonds is 3. The zero-order valence-corrected chi connectivity index (χ0v) is 7.38. The van der Waals surface area contributed by atoms with Crippen LogP contribution in [0.5, 0.6) is 5.88 Å². The van der Waals surface area contributed by atoms with Crippen LogP contribution >= 0.6 is 0 Å². The van der Waals surface area contributed by atoms with Crippen LogP contribution in [0.25, 0.3) is 0 Å². The molecule has 0 spiro atoms. The molecule has 0 radical (unpaired) electrons. The second kappa shape index (κ2) is 3.78. The Balaban J connectivity index is 1.99. The van der Waals surface area contributed by atoms with Crippen molar-refractivity contribution in [2.75, 3.05) is 5.73 Å². The molecule has 72 valence electrons. The maximum absolute atomic E-state index is 5.59. The second-order valence-corrected chi connectivity index (χ2v) is 2.65. The van der Waals surface area contributed by atoms with E-state index in [-0.39, 0.29) is 6.61 Å². The molecular formula is C9H9N3O2. The van der Waals surface area contributed by atoms with Gasteiger partial charge >= 0.3 is 0 Å². The number of nitrogen functional groups attached to an aromatic ring is 1. The number of hydrogen-bond donors (Lipinski definition) is 1. The molecule has 2 aromatic heterocycles. The number of anilines is 1. The van der Waals surface area contributed by atoms with Crippen molar-refractivity contribution in [3.05, 3.63) is 36.4 Å². The third-order valence-electron chi connectivity index (χ3n) is 1.68. The Morgan fingerprint density at radius 1 is 1.43 bits per heavy atom. The fourth-order valence-corrected chi connectivity index (χ4v) is 0.972. The average molecular weight is 191 g/mol. The fourth-order valence-electron chi connectivity index (χ4n) is 0.972. The largest absolute Gasteiger partial charge is 0.468 e. The van der Waals surface area contributed by atoms with Gasteiger partial charge in [-0.3, -0.25) is 0 Å². The molecule has 0 amide bonds. The Morgan fingerprint density at radius 3 is 3.00 bits per heavy atom. The molecule has 0 aliphatic heterocycles. The minimum atomic E-state index is 0.261. The molecule has 0 aliphatic carbocycles. The van der Waals surface area contributed by atoms with Gasteiger partial charge in [0, 0.05) is 12.3 Å². The van der Waals surface area contributed by atoms with Crippen molar-refractivity contribution >= 4 is 5.69 Å². The zero-order chi connectivity index (χ0) is 9.80. The molecule has 2 N–H and O–H groups in total. The summed E-state index contributed by atoms with van der Waals surface area (Å²) in [6.07, 6.45) is 3.10. The summed E-state index contributed by atoms with van der Waals surface area (Å²) in [5.41, 5.74) is 6.17. The zero-order valence-electron chi connectivity index (χ0n) is 7.38. The van der Waals surface area contributed by atoms with Crippen LogP contribution in [0.4, 0.5) is 5.69 Å². The number of nitrogens with two attached hydrogens (primary N) is 1. The van der Waals surface area contributed by atoms with E-state index in [0.717, 1.165) is 0 Å². The van der Waals surface area contributed by atoms with E-state index in [0.29, 0.717) is 17.3 Å². The number of aromatic nitrogens is 2. The first-order valence-electron chi connectivity index (χ1n) is 4.08. The Kier molecular flexibility index (Phi) is 2.31. The van der Waals surface area contributed by atoms with Gasteiger partial charge in [-0.25, -0.2) is 0 Å². The van der Waals surface area contributed by atoms with E-state index >= 15 is 0 Å². The molecule has 5 heteroatoms. The van der Waals surface area contributed by atoms with Crippen LogP contribution in [-0.2, 0) is 6.61 Å². The summed E-state index contributed by atoms with van der Waals surface area (Å²) in [4.78, 5) is 0. The maximum Gasteiger partial charge on any atom is 0.233 e. The van der Waals surface area contributed by atoms with Gasteiger partial charge < -0.3 is 14.9 Å². The van der Waals surface area contributed by atoms with Crippen LogP contribution in [0.2, 0.25) is 0 Å². The monoisotopic (exact) mass is 191 g/mol. The maximum atomic E-state index is 5.59. The van der Waals surface area contributed by atoms with Crippen molar-refractivity contribution in [2.45, 2.75) is 6.61 Å². The van der Waals surface area contributed by atoms with Crippen molar-refractivity contribution in [3.8, 4) is 5.88 Å². The highest BCUT2D eigenvalue weighted by atomic mass is 16.5. The van der Waals surface area contributed by atoms with Crippen molar-refractivity contribution in [3.63, 3.8) is 0 Å². The van der Waals surface area contributed by atoms with Crippen LogP contribution in [0, 0.1) is 0 Å². The minimum absolute atomic E-state index is 0.261. The lowest BCUT2D eigenvalue weighted by molar-refractivity contribution is 0.259.